The van der Waals surface area contributed by atoms with Gasteiger partial charge >= 0.3 is 5.97 Å². The molecule has 1 unspecified atom stereocenters. The van der Waals surface area contributed by atoms with E-state index in [1.807, 2.05) is 6.92 Å². The van der Waals surface area contributed by atoms with Gasteiger partial charge in [0.05, 0.1) is 13.0 Å². The molecule has 0 fully saturated rings. The van der Waals surface area contributed by atoms with Crippen molar-refractivity contribution in [3.8, 4) is 0 Å². The molecule has 0 saturated carbocycles. The highest BCUT2D eigenvalue weighted by Gasteiger charge is 2.08. The Morgan fingerprint density at radius 2 is 2.18 bits per heavy atom. The molecular formula is C8H16O2S. The Bertz CT molecular complexity index is 115. The van der Waals surface area contributed by atoms with E-state index in [0.29, 0.717) is 13.0 Å². The van der Waals surface area contributed by atoms with Gasteiger partial charge in [0.25, 0.3) is 0 Å². The molecule has 0 saturated heterocycles. The Kier molecular flexibility index (Phi) is 6.42. The van der Waals surface area contributed by atoms with Crippen molar-refractivity contribution in [1.29, 1.82) is 0 Å². The van der Waals surface area contributed by atoms with E-state index in [0.717, 1.165) is 12.8 Å². The summed E-state index contributed by atoms with van der Waals surface area (Å²) in [6.45, 7) is 4.35. The quantitative estimate of drug-likeness (QED) is 0.512. The Balaban J connectivity index is 3.40. The number of hydrogen-bond acceptors (Lipinski definition) is 3. The highest BCUT2D eigenvalue weighted by Crippen LogP contribution is 2.09. The van der Waals surface area contributed by atoms with Crippen molar-refractivity contribution in [2.45, 2.75) is 38.4 Å². The lowest BCUT2D eigenvalue weighted by Gasteiger charge is -2.07. The van der Waals surface area contributed by atoms with Gasteiger partial charge in [-0.2, -0.15) is 12.6 Å². The lowest BCUT2D eigenvalue weighted by Crippen LogP contribution is -2.11. The maximum absolute atomic E-state index is 10.9. The third-order valence-electron chi connectivity index (χ3n) is 1.33. The van der Waals surface area contributed by atoms with Crippen molar-refractivity contribution in [3.63, 3.8) is 0 Å². The fourth-order valence-electron chi connectivity index (χ4n) is 0.848. The summed E-state index contributed by atoms with van der Waals surface area (Å²) in [5.41, 5.74) is 0. The highest BCUT2D eigenvalue weighted by molar-refractivity contribution is 7.81. The van der Waals surface area contributed by atoms with Crippen LogP contribution in [0.25, 0.3) is 0 Å². The highest BCUT2D eigenvalue weighted by atomic mass is 32.1. The van der Waals surface area contributed by atoms with Gasteiger partial charge in [0.1, 0.15) is 0 Å². The SMILES string of the molecule is CCCC(S)CC(=O)OCC. The molecule has 0 aromatic rings. The molecular weight excluding hydrogens is 160 g/mol. The topological polar surface area (TPSA) is 26.3 Å². The first kappa shape index (κ1) is 10.8. The van der Waals surface area contributed by atoms with Crippen LogP contribution in [0.5, 0.6) is 0 Å². The third kappa shape index (κ3) is 6.23. The maximum atomic E-state index is 10.9. The van der Waals surface area contributed by atoms with Crippen LogP contribution in [0.3, 0.4) is 0 Å². The molecule has 0 bridgehead atoms. The number of rotatable bonds is 5. The molecule has 0 aliphatic carbocycles. The average Bonchev–Trinajstić information content (AvgIpc) is 1.87. The van der Waals surface area contributed by atoms with Gasteiger partial charge in [-0.05, 0) is 13.3 Å². The van der Waals surface area contributed by atoms with Crippen molar-refractivity contribution < 1.29 is 9.53 Å². The maximum Gasteiger partial charge on any atom is 0.306 e. The normalized spacial score (nSPS) is 12.6. The first-order valence-electron chi connectivity index (χ1n) is 4.04. The molecule has 0 rings (SSSR count). The van der Waals surface area contributed by atoms with Crippen LogP contribution in [0.15, 0.2) is 0 Å². The summed E-state index contributed by atoms with van der Waals surface area (Å²) in [6, 6.07) is 0. The molecule has 1 atom stereocenters. The van der Waals surface area contributed by atoms with Crippen molar-refractivity contribution in [2.24, 2.45) is 0 Å². The van der Waals surface area contributed by atoms with Gasteiger partial charge in [-0.1, -0.05) is 13.3 Å². The minimum absolute atomic E-state index is 0.138. The van der Waals surface area contributed by atoms with E-state index in [2.05, 4.69) is 19.6 Å². The summed E-state index contributed by atoms with van der Waals surface area (Å²) in [4.78, 5) is 10.9. The Labute approximate surface area is 73.7 Å². The summed E-state index contributed by atoms with van der Waals surface area (Å²) in [5, 5.41) is 0.166. The minimum Gasteiger partial charge on any atom is -0.466 e. The number of ether oxygens (including phenoxy) is 1. The second-order valence-corrected chi connectivity index (χ2v) is 3.18. The fourth-order valence-corrected chi connectivity index (χ4v) is 1.25. The molecule has 0 aromatic heterocycles. The van der Waals surface area contributed by atoms with E-state index in [-0.39, 0.29) is 11.2 Å². The van der Waals surface area contributed by atoms with Gasteiger partial charge in [0.15, 0.2) is 0 Å². The van der Waals surface area contributed by atoms with Crippen molar-refractivity contribution in [2.75, 3.05) is 6.61 Å². The molecule has 0 radical (unpaired) electrons. The summed E-state index contributed by atoms with van der Waals surface area (Å²) in [6.07, 6.45) is 2.47. The number of esters is 1. The molecule has 0 spiro atoms. The van der Waals surface area contributed by atoms with Crippen LogP contribution >= 0.6 is 12.6 Å². The van der Waals surface area contributed by atoms with E-state index in [9.17, 15) is 4.79 Å². The van der Waals surface area contributed by atoms with Crippen LogP contribution in [0.1, 0.15) is 33.1 Å². The smallest absolute Gasteiger partial charge is 0.306 e. The summed E-state index contributed by atoms with van der Waals surface area (Å²) in [5.74, 6) is -0.138. The van der Waals surface area contributed by atoms with Crippen LogP contribution in [0.2, 0.25) is 0 Å². The van der Waals surface area contributed by atoms with Crippen LogP contribution in [0.4, 0.5) is 0 Å². The molecule has 0 aromatic carbocycles. The molecule has 0 aliphatic heterocycles. The number of carbonyl (C=O) groups is 1. The fraction of sp³-hybridized carbons (Fsp3) is 0.875. The van der Waals surface area contributed by atoms with Crippen molar-refractivity contribution in [3.05, 3.63) is 0 Å². The molecule has 0 aliphatic rings. The number of thiol groups is 1. The Morgan fingerprint density at radius 3 is 2.64 bits per heavy atom. The van der Waals surface area contributed by atoms with Gasteiger partial charge < -0.3 is 4.74 Å². The zero-order valence-electron chi connectivity index (χ0n) is 7.17. The average molecular weight is 176 g/mol. The van der Waals surface area contributed by atoms with E-state index < -0.39 is 0 Å². The number of hydrogen-bond donors (Lipinski definition) is 1. The number of carbonyl (C=O) groups excluding carboxylic acids is 1. The largest absolute Gasteiger partial charge is 0.466 e. The van der Waals surface area contributed by atoms with Crippen LogP contribution < -0.4 is 0 Å². The molecule has 2 nitrogen and oxygen atoms in total. The van der Waals surface area contributed by atoms with Crippen molar-refractivity contribution >= 4 is 18.6 Å². The minimum atomic E-state index is -0.138. The first-order valence-corrected chi connectivity index (χ1v) is 4.56. The van der Waals surface area contributed by atoms with Gasteiger partial charge in [0.2, 0.25) is 0 Å². The van der Waals surface area contributed by atoms with E-state index in [1.165, 1.54) is 0 Å². The van der Waals surface area contributed by atoms with Crippen LogP contribution in [-0.4, -0.2) is 17.8 Å². The molecule has 66 valence electrons. The second kappa shape index (κ2) is 6.53. The van der Waals surface area contributed by atoms with Crippen LogP contribution in [0, 0.1) is 0 Å². The lowest BCUT2D eigenvalue weighted by atomic mass is 10.2. The zero-order chi connectivity index (χ0) is 8.69. The van der Waals surface area contributed by atoms with E-state index in [1.54, 1.807) is 0 Å². The Morgan fingerprint density at radius 1 is 1.55 bits per heavy atom. The lowest BCUT2D eigenvalue weighted by molar-refractivity contribution is -0.143. The molecule has 3 heteroatoms. The molecule has 0 amide bonds. The predicted octanol–water partition coefficient (Wildman–Crippen LogP) is 2.04. The Hall–Kier alpha value is -0.180. The van der Waals surface area contributed by atoms with Gasteiger partial charge in [-0.3, -0.25) is 4.79 Å². The summed E-state index contributed by atoms with van der Waals surface area (Å²) in [7, 11) is 0. The zero-order valence-corrected chi connectivity index (χ0v) is 8.06. The third-order valence-corrected chi connectivity index (χ3v) is 1.77. The van der Waals surface area contributed by atoms with Gasteiger partial charge in [-0.15, -0.1) is 0 Å². The molecule has 0 heterocycles. The summed E-state index contributed by atoms with van der Waals surface area (Å²) < 4.78 is 4.77. The van der Waals surface area contributed by atoms with E-state index >= 15 is 0 Å². The van der Waals surface area contributed by atoms with E-state index in [4.69, 9.17) is 4.74 Å². The van der Waals surface area contributed by atoms with Crippen molar-refractivity contribution in [1.82, 2.24) is 0 Å². The van der Waals surface area contributed by atoms with Gasteiger partial charge in [0, 0.05) is 5.25 Å². The predicted molar refractivity (Wildman–Crippen MR) is 48.9 cm³/mol. The second-order valence-electron chi connectivity index (χ2n) is 2.45. The molecule has 0 N–H and O–H groups in total. The summed E-state index contributed by atoms with van der Waals surface area (Å²) >= 11 is 4.24. The van der Waals surface area contributed by atoms with Gasteiger partial charge in [-0.25, -0.2) is 0 Å². The standard InChI is InChI=1S/C8H16O2S/c1-3-5-7(11)6-8(9)10-4-2/h7,11H,3-6H2,1-2H3. The molecule has 11 heavy (non-hydrogen) atoms. The van der Waals surface area contributed by atoms with Crippen LogP contribution in [-0.2, 0) is 9.53 Å². The first-order chi connectivity index (χ1) is 5.20. The monoisotopic (exact) mass is 176 g/mol.